The van der Waals surface area contributed by atoms with Crippen molar-refractivity contribution < 1.29 is 12.9 Å². The molecule has 2 N–H and O–H groups in total. The largest absolute Gasteiger partial charge is 0.395 e. The smallest absolute Gasteiger partial charge is 0.174 e. The van der Waals surface area contributed by atoms with Crippen molar-refractivity contribution in [3.63, 3.8) is 0 Å². The van der Waals surface area contributed by atoms with Gasteiger partial charge < -0.3 is 10.3 Å². The van der Waals surface area contributed by atoms with Crippen molar-refractivity contribution in [3.8, 4) is 0 Å². The Kier molecular flexibility index (Phi) is 2.37. The number of rotatable bonds is 3. The zero-order chi connectivity index (χ0) is 9.19. The molecule has 0 fully saturated rings. The van der Waals surface area contributed by atoms with Gasteiger partial charge in [0.05, 0.1) is 11.9 Å². The average molecular weight is 190 g/mol. The second-order valence-electron chi connectivity index (χ2n) is 2.38. The van der Waals surface area contributed by atoms with Gasteiger partial charge in [0.15, 0.2) is 15.6 Å². The highest BCUT2D eigenvalue weighted by atomic mass is 32.2. The summed E-state index contributed by atoms with van der Waals surface area (Å²) in [5.41, 5.74) is 5.67. The molecule has 6 heteroatoms. The Bertz CT molecular complexity index is 355. The van der Waals surface area contributed by atoms with E-state index in [1.807, 2.05) is 0 Å². The van der Waals surface area contributed by atoms with Crippen LogP contribution in [-0.4, -0.2) is 19.3 Å². The minimum absolute atomic E-state index is 0.0765. The third-order valence-electron chi connectivity index (χ3n) is 1.47. The highest BCUT2D eigenvalue weighted by Crippen LogP contribution is 2.13. The summed E-state index contributed by atoms with van der Waals surface area (Å²) in [5.74, 6) is 0.125. The molecule has 0 spiro atoms. The van der Waals surface area contributed by atoms with Crippen LogP contribution in [0.5, 0.6) is 0 Å². The van der Waals surface area contributed by atoms with Crippen LogP contribution in [-0.2, 0) is 15.6 Å². The summed E-state index contributed by atoms with van der Waals surface area (Å²) in [6.45, 7) is 1.57. The van der Waals surface area contributed by atoms with Crippen molar-refractivity contribution >= 4 is 15.5 Å². The molecule has 1 heterocycles. The Morgan fingerprint density at radius 2 is 2.33 bits per heavy atom. The molecule has 0 aromatic carbocycles. The van der Waals surface area contributed by atoms with Gasteiger partial charge in [0.25, 0.3) is 0 Å². The van der Waals surface area contributed by atoms with Crippen LogP contribution < -0.4 is 5.73 Å². The van der Waals surface area contributed by atoms with Crippen LogP contribution in [0.2, 0.25) is 0 Å². The summed E-state index contributed by atoms with van der Waals surface area (Å²) in [6, 6.07) is 0. The summed E-state index contributed by atoms with van der Waals surface area (Å²) < 4.78 is 26.8. The van der Waals surface area contributed by atoms with E-state index >= 15 is 0 Å². The van der Waals surface area contributed by atoms with Crippen LogP contribution in [0.4, 0.5) is 5.69 Å². The first-order valence-corrected chi connectivity index (χ1v) is 5.26. The number of sulfone groups is 1. The fraction of sp³-hybridized carbons (Fsp3) is 0.500. The average Bonchev–Trinajstić information content (AvgIpc) is 2.36. The number of aromatic nitrogens is 1. The minimum atomic E-state index is -3.08. The van der Waals surface area contributed by atoms with Crippen molar-refractivity contribution in [3.05, 3.63) is 12.0 Å². The zero-order valence-electron chi connectivity index (χ0n) is 6.65. The van der Waals surface area contributed by atoms with E-state index in [9.17, 15) is 8.42 Å². The van der Waals surface area contributed by atoms with Crippen LogP contribution >= 0.6 is 0 Å². The maximum atomic E-state index is 11.1. The van der Waals surface area contributed by atoms with Gasteiger partial charge in [-0.15, -0.1) is 0 Å². The van der Waals surface area contributed by atoms with E-state index in [0.717, 1.165) is 0 Å². The third-order valence-corrected chi connectivity index (χ3v) is 3.05. The monoisotopic (exact) mass is 190 g/mol. The maximum absolute atomic E-state index is 11.1. The molecule has 0 amide bonds. The first-order valence-electron chi connectivity index (χ1n) is 3.44. The lowest BCUT2D eigenvalue weighted by molar-refractivity contribution is 0.393. The normalized spacial score (nSPS) is 11.8. The fourth-order valence-corrected chi connectivity index (χ4v) is 1.51. The molecule has 1 aromatic heterocycles. The van der Waals surface area contributed by atoms with Crippen molar-refractivity contribution in [2.24, 2.45) is 0 Å². The molecule has 0 aliphatic rings. The van der Waals surface area contributed by atoms with E-state index in [4.69, 9.17) is 5.73 Å². The van der Waals surface area contributed by atoms with Gasteiger partial charge in [0.2, 0.25) is 0 Å². The number of nitrogen functional groups attached to an aromatic ring is 1. The molecule has 5 nitrogen and oxygen atoms in total. The predicted molar refractivity (Wildman–Crippen MR) is 44.1 cm³/mol. The van der Waals surface area contributed by atoms with Crippen LogP contribution in [0.1, 0.15) is 12.7 Å². The second-order valence-corrected chi connectivity index (χ2v) is 4.73. The number of nitrogens with two attached hydrogens (primary N) is 1. The highest BCUT2D eigenvalue weighted by molar-refractivity contribution is 7.90. The van der Waals surface area contributed by atoms with Gasteiger partial charge in [-0.25, -0.2) is 8.42 Å². The molecule has 0 saturated heterocycles. The Morgan fingerprint density at radius 1 is 1.67 bits per heavy atom. The molecule has 1 rings (SSSR count). The Hall–Kier alpha value is -1.04. The highest BCUT2D eigenvalue weighted by Gasteiger charge is 2.14. The van der Waals surface area contributed by atoms with Crippen LogP contribution in [0.25, 0.3) is 0 Å². The molecule has 0 radical (unpaired) electrons. The van der Waals surface area contributed by atoms with E-state index < -0.39 is 9.84 Å². The van der Waals surface area contributed by atoms with Gasteiger partial charge in [0.1, 0.15) is 5.75 Å². The van der Waals surface area contributed by atoms with Gasteiger partial charge in [-0.1, -0.05) is 12.1 Å². The summed E-state index contributed by atoms with van der Waals surface area (Å²) in [6.07, 6.45) is 1.29. The maximum Gasteiger partial charge on any atom is 0.174 e. The number of anilines is 1. The number of hydrogen-bond acceptors (Lipinski definition) is 5. The zero-order valence-corrected chi connectivity index (χ0v) is 7.47. The van der Waals surface area contributed by atoms with Gasteiger partial charge >= 0.3 is 0 Å². The van der Waals surface area contributed by atoms with Crippen molar-refractivity contribution in [1.82, 2.24) is 5.16 Å². The van der Waals surface area contributed by atoms with Crippen molar-refractivity contribution in [2.75, 3.05) is 11.5 Å². The van der Waals surface area contributed by atoms with Crippen molar-refractivity contribution in [2.45, 2.75) is 12.7 Å². The lowest BCUT2D eigenvalue weighted by Crippen LogP contribution is -2.07. The van der Waals surface area contributed by atoms with Gasteiger partial charge in [-0.2, -0.15) is 0 Å². The summed E-state index contributed by atoms with van der Waals surface area (Å²) >= 11 is 0. The fourth-order valence-electron chi connectivity index (χ4n) is 0.683. The minimum Gasteiger partial charge on any atom is -0.395 e. The molecule has 0 aliphatic carbocycles. The molecule has 0 unspecified atom stereocenters. The van der Waals surface area contributed by atoms with E-state index in [0.29, 0.717) is 0 Å². The quantitative estimate of drug-likeness (QED) is 0.735. The Labute approximate surface area is 70.5 Å². The van der Waals surface area contributed by atoms with Crippen LogP contribution in [0.15, 0.2) is 10.7 Å². The lowest BCUT2D eigenvalue weighted by atomic mass is 10.4. The molecule has 1 aromatic rings. The second kappa shape index (κ2) is 3.14. The van der Waals surface area contributed by atoms with E-state index in [2.05, 4.69) is 9.68 Å². The number of hydrogen-bond donors (Lipinski definition) is 1. The van der Waals surface area contributed by atoms with E-state index in [1.165, 1.54) is 6.20 Å². The molecule has 0 aliphatic heterocycles. The van der Waals surface area contributed by atoms with Gasteiger partial charge in [0, 0.05) is 5.75 Å². The standard InChI is InChI=1S/C6H10N2O3S/c1-2-12(9,10)4-6-5(7)3-8-11-6/h3H,2,4,7H2,1H3. The molecular weight excluding hydrogens is 180 g/mol. The Balaban J connectivity index is 2.84. The van der Waals surface area contributed by atoms with E-state index in [1.54, 1.807) is 6.92 Å². The summed E-state index contributed by atoms with van der Waals surface area (Å²) in [7, 11) is -3.08. The first kappa shape index (κ1) is 9.05. The van der Waals surface area contributed by atoms with Gasteiger partial charge in [-0.05, 0) is 0 Å². The molecule has 0 saturated carbocycles. The molecule has 0 atom stereocenters. The van der Waals surface area contributed by atoms with Crippen molar-refractivity contribution in [1.29, 1.82) is 0 Å². The number of nitrogens with zero attached hydrogens (tertiary/aromatic N) is 1. The van der Waals surface area contributed by atoms with Crippen LogP contribution in [0, 0.1) is 0 Å². The summed E-state index contributed by atoms with van der Waals surface area (Å²) in [5, 5.41) is 3.38. The topological polar surface area (TPSA) is 86.2 Å². The third kappa shape index (κ3) is 1.97. The SMILES string of the molecule is CCS(=O)(=O)Cc1oncc1N. The molecule has 0 bridgehead atoms. The Morgan fingerprint density at radius 3 is 2.75 bits per heavy atom. The van der Waals surface area contributed by atoms with Gasteiger partial charge in [-0.3, -0.25) is 0 Å². The van der Waals surface area contributed by atoms with Crippen LogP contribution in [0.3, 0.4) is 0 Å². The molecular formula is C6H10N2O3S. The summed E-state index contributed by atoms with van der Waals surface area (Å²) in [4.78, 5) is 0. The molecule has 12 heavy (non-hydrogen) atoms. The molecule has 68 valence electrons. The van der Waals surface area contributed by atoms with E-state index in [-0.39, 0.29) is 23.0 Å². The lowest BCUT2D eigenvalue weighted by Gasteiger charge is -1.96. The predicted octanol–water partition coefficient (Wildman–Crippen LogP) is 0.192. The first-order chi connectivity index (χ1) is 5.55.